The highest BCUT2D eigenvalue weighted by atomic mass is 16.3. The molecular formula is C48H30N2O. The summed E-state index contributed by atoms with van der Waals surface area (Å²) in [6, 6.07) is 65.5. The first-order chi connectivity index (χ1) is 25.3. The lowest BCUT2D eigenvalue weighted by Gasteiger charge is -2.11. The molecular weight excluding hydrogens is 621 g/mol. The van der Waals surface area contributed by atoms with Crippen LogP contribution in [0.3, 0.4) is 0 Å². The van der Waals surface area contributed by atoms with Gasteiger partial charge in [0.15, 0.2) is 0 Å². The summed E-state index contributed by atoms with van der Waals surface area (Å²) in [7, 11) is 0. The molecule has 0 fully saturated rings. The number of fused-ring (bicyclic) bond motifs is 10. The molecule has 0 radical (unpaired) electrons. The van der Waals surface area contributed by atoms with E-state index in [-0.39, 0.29) is 0 Å². The third-order valence-electron chi connectivity index (χ3n) is 10.5. The number of benzene rings is 8. The van der Waals surface area contributed by atoms with Gasteiger partial charge in [0.05, 0.1) is 27.5 Å². The van der Waals surface area contributed by atoms with Crippen molar-refractivity contribution >= 4 is 65.6 Å². The summed E-state index contributed by atoms with van der Waals surface area (Å²) in [5.74, 6) is 0. The molecule has 0 spiro atoms. The van der Waals surface area contributed by atoms with E-state index < -0.39 is 0 Å². The molecule has 0 saturated heterocycles. The monoisotopic (exact) mass is 650 g/mol. The van der Waals surface area contributed by atoms with Gasteiger partial charge in [-0.25, -0.2) is 0 Å². The number of aromatic nitrogens is 2. The lowest BCUT2D eigenvalue weighted by Crippen LogP contribution is -1.95. The number of hydrogen-bond donors (Lipinski definition) is 0. The average molecular weight is 651 g/mol. The maximum Gasteiger partial charge on any atom is 0.145 e. The van der Waals surface area contributed by atoms with Gasteiger partial charge in [0.25, 0.3) is 0 Å². The fraction of sp³-hybridized carbons (Fsp3) is 0. The standard InChI is InChI=1S/C48H30N2O/c1-3-12-31(13-4-1)32-14-11-17-36(28-32)50-44-27-25-39-38-19-8-10-21-46(38)51-48(39)47(44)40-24-22-34(30-45(40)50)33-23-26-43-41(29-33)37-18-7-9-20-42(37)49(43)35-15-5-2-6-16-35/h1-30H. The molecule has 0 atom stereocenters. The largest absolute Gasteiger partial charge is 0.455 e. The van der Waals surface area contributed by atoms with Crippen LogP contribution in [-0.2, 0) is 0 Å². The van der Waals surface area contributed by atoms with Gasteiger partial charge < -0.3 is 13.6 Å². The highest BCUT2D eigenvalue weighted by Crippen LogP contribution is 2.43. The molecule has 0 bridgehead atoms. The first kappa shape index (κ1) is 28.0. The van der Waals surface area contributed by atoms with Gasteiger partial charge in [-0.05, 0) is 89.0 Å². The highest BCUT2D eigenvalue weighted by molar-refractivity contribution is 6.24. The molecule has 0 aliphatic rings. The van der Waals surface area contributed by atoms with E-state index in [9.17, 15) is 0 Å². The van der Waals surface area contributed by atoms with Gasteiger partial charge in [0.2, 0.25) is 0 Å². The first-order valence-electron chi connectivity index (χ1n) is 17.4. The Morgan fingerprint density at radius 2 is 0.922 bits per heavy atom. The van der Waals surface area contributed by atoms with Crippen molar-refractivity contribution < 1.29 is 4.42 Å². The number of furan rings is 1. The number of rotatable bonds is 4. The third kappa shape index (κ3) is 4.19. The van der Waals surface area contributed by atoms with Crippen LogP contribution >= 0.6 is 0 Å². The zero-order valence-electron chi connectivity index (χ0n) is 27.6. The van der Waals surface area contributed by atoms with Crippen LogP contribution in [0.5, 0.6) is 0 Å². The smallest absolute Gasteiger partial charge is 0.145 e. The van der Waals surface area contributed by atoms with Crippen molar-refractivity contribution in [1.82, 2.24) is 9.13 Å². The van der Waals surface area contributed by atoms with Crippen molar-refractivity contribution in [3.63, 3.8) is 0 Å². The fourth-order valence-corrected chi connectivity index (χ4v) is 8.20. The Labute approximate surface area is 293 Å². The molecule has 0 aliphatic carbocycles. The SMILES string of the molecule is c1ccc(-c2cccc(-n3c4cc(-c5ccc6c(c5)c5ccccc5n6-c5ccccc5)ccc4c4c5oc6ccccc6c5ccc43)c2)cc1. The molecule has 0 aliphatic heterocycles. The van der Waals surface area contributed by atoms with Crippen molar-refractivity contribution in [2.75, 3.05) is 0 Å². The molecule has 11 rings (SSSR count). The number of nitrogens with zero attached hydrogens (tertiary/aromatic N) is 2. The van der Waals surface area contributed by atoms with Crippen LogP contribution in [0.4, 0.5) is 0 Å². The summed E-state index contributed by atoms with van der Waals surface area (Å²) in [5, 5.41) is 7.08. The minimum absolute atomic E-state index is 0.909. The molecule has 51 heavy (non-hydrogen) atoms. The van der Waals surface area contributed by atoms with E-state index in [1.54, 1.807) is 0 Å². The summed E-state index contributed by atoms with van der Waals surface area (Å²) < 4.78 is 11.4. The van der Waals surface area contributed by atoms with E-state index in [1.165, 1.54) is 49.4 Å². The van der Waals surface area contributed by atoms with E-state index in [4.69, 9.17) is 4.42 Å². The lowest BCUT2D eigenvalue weighted by atomic mass is 10.0. The summed E-state index contributed by atoms with van der Waals surface area (Å²) in [6.07, 6.45) is 0. The molecule has 3 nitrogen and oxygen atoms in total. The average Bonchev–Trinajstić information content (AvgIpc) is 3.86. The Morgan fingerprint density at radius 1 is 0.314 bits per heavy atom. The first-order valence-corrected chi connectivity index (χ1v) is 17.4. The number of hydrogen-bond acceptors (Lipinski definition) is 1. The lowest BCUT2D eigenvalue weighted by molar-refractivity contribution is 0.673. The Morgan fingerprint density at radius 3 is 1.80 bits per heavy atom. The van der Waals surface area contributed by atoms with Crippen LogP contribution in [0.1, 0.15) is 0 Å². The predicted molar refractivity (Wildman–Crippen MR) is 213 cm³/mol. The van der Waals surface area contributed by atoms with E-state index in [2.05, 4.69) is 185 Å². The Bertz CT molecular complexity index is 3130. The van der Waals surface area contributed by atoms with Crippen molar-refractivity contribution in [3.05, 3.63) is 182 Å². The van der Waals surface area contributed by atoms with Crippen LogP contribution in [0, 0.1) is 0 Å². The van der Waals surface area contributed by atoms with Crippen molar-refractivity contribution in [3.8, 4) is 33.6 Å². The van der Waals surface area contributed by atoms with Gasteiger partial charge in [-0.3, -0.25) is 0 Å². The minimum atomic E-state index is 0.909. The maximum absolute atomic E-state index is 6.64. The maximum atomic E-state index is 6.64. The summed E-state index contributed by atoms with van der Waals surface area (Å²) in [4.78, 5) is 0. The number of para-hydroxylation sites is 3. The van der Waals surface area contributed by atoms with Crippen molar-refractivity contribution in [1.29, 1.82) is 0 Å². The molecule has 8 aromatic carbocycles. The third-order valence-corrected chi connectivity index (χ3v) is 10.5. The second-order valence-corrected chi connectivity index (χ2v) is 13.3. The van der Waals surface area contributed by atoms with E-state index in [0.717, 1.165) is 49.7 Å². The molecule has 3 heterocycles. The molecule has 11 aromatic rings. The van der Waals surface area contributed by atoms with E-state index in [0.29, 0.717) is 0 Å². The highest BCUT2D eigenvalue weighted by Gasteiger charge is 2.20. The van der Waals surface area contributed by atoms with Gasteiger partial charge in [-0.15, -0.1) is 0 Å². The Kier molecular flexibility index (Phi) is 5.96. The molecule has 0 saturated carbocycles. The van der Waals surface area contributed by atoms with Crippen molar-refractivity contribution in [2.45, 2.75) is 0 Å². The van der Waals surface area contributed by atoms with Crippen molar-refractivity contribution in [2.24, 2.45) is 0 Å². The van der Waals surface area contributed by atoms with Gasteiger partial charge in [0.1, 0.15) is 11.2 Å². The van der Waals surface area contributed by atoms with Crippen LogP contribution in [-0.4, -0.2) is 9.13 Å². The topological polar surface area (TPSA) is 23.0 Å². The van der Waals surface area contributed by atoms with E-state index in [1.807, 2.05) is 6.07 Å². The van der Waals surface area contributed by atoms with Crippen LogP contribution in [0.25, 0.3) is 99.2 Å². The molecule has 0 N–H and O–H groups in total. The zero-order chi connectivity index (χ0) is 33.5. The van der Waals surface area contributed by atoms with Crippen LogP contribution in [0.2, 0.25) is 0 Å². The predicted octanol–water partition coefficient (Wildman–Crippen LogP) is 13.1. The Balaban J connectivity index is 1.18. The second kappa shape index (κ2) is 10.8. The molecule has 0 unspecified atom stereocenters. The molecule has 3 heteroatoms. The van der Waals surface area contributed by atoms with Gasteiger partial charge in [-0.1, -0.05) is 115 Å². The Hall–Kier alpha value is -6.84. The molecule has 238 valence electrons. The normalized spacial score (nSPS) is 11.9. The van der Waals surface area contributed by atoms with Gasteiger partial charge in [-0.2, -0.15) is 0 Å². The summed E-state index contributed by atoms with van der Waals surface area (Å²) in [5.41, 5.74) is 13.5. The zero-order valence-corrected chi connectivity index (χ0v) is 27.6. The minimum Gasteiger partial charge on any atom is -0.455 e. The van der Waals surface area contributed by atoms with E-state index >= 15 is 0 Å². The molecule has 0 amide bonds. The fourth-order valence-electron chi connectivity index (χ4n) is 8.20. The molecule has 3 aromatic heterocycles. The second-order valence-electron chi connectivity index (χ2n) is 13.3. The van der Waals surface area contributed by atoms with Gasteiger partial charge >= 0.3 is 0 Å². The van der Waals surface area contributed by atoms with Gasteiger partial charge in [0, 0.05) is 38.3 Å². The summed E-state index contributed by atoms with van der Waals surface area (Å²) in [6.45, 7) is 0. The van der Waals surface area contributed by atoms with Crippen LogP contribution < -0.4 is 0 Å². The summed E-state index contributed by atoms with van der Waals surface area (Å²) >= 11 is 0. The quantitative estimate of drug-likeness (QED) is 0.186. The van der Waals surface area contributed by atoms with Crippen LogP contribution in [0.15, 0.2) is 186 Å².